The van der Waals surface area contributed by atoms with Crippen LogP contribution in [0.5, 0.6) is 0 Å². The third kappa shape index (κ3) is 4.49. The van der Waals surface area contributed by atoms with Crippen LogP contribution < -0.4 is 4.90 Å². The van der Waals surface area contributed by atoms with Gasteiger partial charge < -0.3 is 0 Å². The molecule has 0 bridgehead atoms. The average Bonchev–Trinajstić information content (AvgIpc) is 3.94. The minimum Gasteiger partial charge on any atom is -0.0619 e. The second-order valence-electron chi connectivity index (χ2n) is 24.4. The summed E-state index contributed by atoms with van der Waals surface area (Å²) in [6.07, 6.45) is 0. The zero-order valence-corrected chi connectivity index (χ0v) is 41.8. The maximum atomic E-state index is 2.85. The lowest BCUT2D eigenvalue weighted by atomic mass is 9.53. The number of hydrogen-bond acceptors (Lipinski definition) is 1. The van der Waals surface area contributed by atoms with Gasteiger partial charge in [0.15, 0.2) is 0 Å². The monoisotopic (exact) mass is 899 g/mol. The van der Waals surface area contributed by atoms with Crippen molar-refractivity contribution in [1.29, 1.82) is 0 Å². The third-order valence-corrected chi connectivity index (χ3v) is 17.9. The molecular formula is C69H57N+. The molecule has 3 aliphatic carbocycles. The largest absolute Gasteiger partial charge is 0.202 e. The summed E-state index contributed by atoms with van der Waals surface area (Å²) in [7, 11) is 0. The van der Waals surface area contributed by atoms with Crippen molar-refractivity contribution in [2.45, 2.75) is 94.8 Å². The van der Waals surface area contributed by atoms with Gasteiger partial charge in [0.1, 0.15) is 0 Å². The molecule has 0 aromatic heterocycles. The van der Waals surface area contributed by atoms with Gasteiger partial charge in [-0.2, -0.15) is 0 Å². The smallest absolute Gasteiger partial charge is 0.0619 e. The van der Waals surface area contributed by atoms with E-state index in [4.69, 9.17) is 0 Å². The predicted molar refractivity (Wildman–Crippen MR) is 289 cm³/mol. The topological polar surface area (TPSA) is 5.90 Å². The Labute approximate surface area is 413 Å². The van der Waals surface area contributed by atoms with E-state index in [1.807, 2.05) is 0 Å². The number of benzene rings is 9. The van der Waals surface area contributed by atoms with Crippen molar-refractivity contribution in [2.75, 3.05) is 0 Å². The number of hydrogen-bond donors (Lipinski definition) is 0. The Morgan fingerprint density at radius 1 is 0.243 bits per heavy atom. The summed E-state index contributed by atoms with van der Waals surface area (Å²) in [6, 6.07) is 72.6. The molecule has 0 unspecified atom stereocenters. The van der Waals surface area contributed by atoms with Gasteiger partial charge in [-0.05, 0) is 136 Å². The molecule has 1 heteroatoms. The molecule has 0 atom stereocenters. The van der Waals surface area contributed by atoms with E-state index in [1.165, 1.54) is 134 Å². The first-order valence-electron chi connectivity index (χ1n) is 25.6. The van der Waals surface area contributed by atoms with Crippen molar-refractivity contribution in [3.63, 3.8) is 0 Å². The molecule has 9 aromatic carbocycles. The molecule has 0 saturated carbocycles. The fourth-order valence-corrected chi connectivity index (χ4v) is 14.9. The van der Waals surface area contributed by atoms with Crippen molar-refractivity contribution in [3.8, 4) is 33.4 Å². The van der Waals surface area contributed by atoms with Gasteiger partial charge in [-0.3, -0.25) is 0 Å². The molecule has 1 nitrogen and oxygen atoms in total. The molecule has 0 N–H and O–H groups in total. The minimum absolute atomic E-state index is 0.163. The van der Waals surface area contributed by atoms with Crippen LogP contribution in [0.1, 0.15) is 146 Å². The maximum absolute atomic E-state index is 2.85. The van der Waals surface area contributed by atoms with E-state index in [2.05, 4.69) is 249 Å². The first-order valence-corrected chi connectivity index (χ1v) is 25.6. The van der Waals surface area contributed by atoms with E-state index in [0.29, 0.717) is 0 Å². The van der Waals surface area contributed by atoms with Gasteiger partial charge in [-0.15, -0.1) is 0 Å². The van der Waals surface area contributed by atoms with Crippen LogP contribution in [0.2, 0.25) is 0 Å². The summed E-state index contributed by atoms with van der Waals surface area (Å²) < 4.78 is 0. The number of anilines is 3. The standard InChI is InChI=1S/C69H57N/c1-64(2,3)40-34-55-61-56(35-40)68(51-30-18-12-24-45(51)46-25-13-19-31-52(46)68)58-37-42(66(7,8)9)39-60-63(58)70(61)62-57(67(55)49-28-16-10-22-43(49)44-23-11-17-29-50(44)67)36-41(65(4,5)6)38-59(62)69(60)53-32-20-14-26-47(53)48-27-15-21-33-54(48)69/h10-39H,1-9H3/q+1. The van der Waals surface area contributed by atoms with Gasteiger partial charge in [-0.25, -0.2) is 0 Å². The second kappa shape index (κ2) is 12.8. The normalized spacial score (nSPS) is 16.9. The van der Waals surface area contributed by atoms with E-state index in [0.717, 1.165) is 0 Å². The van der Waals surface area contributed by atoms with Crippen molar-refractivity contribution < 1.29 is 0 Å². The Balaban J connectivity index is 1.28. The van der Waals surface area contributed by atoms with Crippen LogP contribution in [0.25, 0.3) is 33.4 Å². The summed E-state index contributed by atoms with van der Waals surface area (Å²) in [4.78, 5) is 2.85. The van der Waals surface area contributed by atoms with E-state index < -0.39 is 16.2 Å². The van der Waals surface area contributed by atoms with Crippen LogP contribution in [-0.4, -0.2) is 0 Å². The Morgan fingerprint density at radius 2 is 0.414 bits per heavy atom. The summed E-state index contributed by atoms with van der Waals surface area (Å²) >= 11 is 0. The molecule has 337 valence electrons. The highest BCUT2D eigenvalue weighted by atomic mass is 15.2. The molecule has 6 aliphatic rings. The van der Waals surface area contributed by atoms with Gasteiger partial charge in [0.2, 0.25) is 17.1 Å². The molecule has 9 aromatic rings. The summed E-state index contributed by atoms with van der Waals surface area (Å²) in [5, 5.41) is 0. The van der Waals surface area contributed by atoms with Gasteiger partial charge in [-0.1, -0.05) is 213 Å². The third-order valence-electron chi connectivity index (χ3n) is 17.9. The number of fused-ring (bicyclic) bond motifs is 21. The molecule has 15 rings (SSSR count). The van der Waals surface area contributed by atoms with Crippen LogP contribution in [0, 0.1) is 0 Å². The van der Waals surface area contributed by atoms with Crippen LogP contribution in [0.4, 0.5) is 17.1 Å². The molecular weight excluding hydrogens is 843 g/mol. The lowest BCUT2D eigenvalue weighted by Gasteiger charge is -2.51. The van der Waals surface area contributed by atoms with Crippen molar-refractivity contribution in [1.82, 2.24) is 4.90 Å². The van der Waals surface area contributed by atoms with E-state index in [1.54, 1.807) is 0 Å². The highest BCUT2D eigenvalue weighted by Crippen LogP contribution is 2.76. The van der Waals surface area contributed by atoms with E-state index in [9.17, 15) is 0 Å². The zero-order chi connectivity index (χ0) is 47.6. The molecule has 0 saturated heterocycles. The average molecular weight is 900 g/mol. The molecule has 3 spiro atoms. The Kier molecular flexibility index (Phi) is 7.47. The zero-order valence-electron chi connectivity index (χ0n) is 41.8. The van der Waals surface area contributed by atoms with Crippen molar-refractivity contribution in [3.05, 3.63) is 265 Å². The van der Waals surface area contributed by atoms with Crippen molar-refractivity contribution >= 4 is 17.1 Å². The van der Waals surface area contributed by atoms with Crippen LogP contribution in [-0.2, 0) is 32.5 Å². The first kappa shape index (κ1) is 40.8. The second-order valence-corrected chi connectivity index (χ2v) is 24.4. The van der Waals surface area contributed by atoms with Crippen LogP contribution >= 0.6 is 0 Å². The van der Waals surface area contributed by atoms with Gasteiger partial charge in [0, 0.05) is 33.4 Å². The van der Waals surface area contributed by atoms with E-state index >= 15 is 0 Å². The lowest BCUT2D eigenvalue weighted by molar-refractivity contribution is 0.554. The summed E-state index contributed by atoms with van der Waals surface area (Å²) in [5.41, 5.74) is 30.3. The quantitative estimate of drug-likeness (QED) is 0.134. The first-order chi connectivity index (χ1) is 33.6. The maximum Gasteiger partial charge on any atom is 0.202 e. The fraction of sp³-hybridized carbons (Fsp3) is 0.217. The van der Waals surface area contributed by atoms with Crippen LogP contribution in [0.3, 0.4) is 0 Å². The number of nitrogens with zero attached hydrogens (tertiary/aromatic N) is 1. The SMILES string of the molecule is CC(C)(C)c1cc2c3c(c1)C1(c4ccccc4-c4ccccc41)c1cc(C(C)(C)C)cc4c1[N+]3c1c(cc(C(C)(C)C)cc1C41c3ccccc3-c3ccccc31)C21c2ccccc2-c2ccccc21. The molecule has 1 radical (unpaired) electrons. The van der Waals surface area contributed by atoms with Gasteiger partial charge >= 0.3 is 0 Å². The molecule has 0 fully saturated rings. The minimum atomic E-state index is -0.640. The fourth-order valence-electron chi connectivity index (χ4n) is 14.9. The Morgan fingerprint density at radius 3 is 0.586 bits per heavy atom. The molecule has 3 aliphatic heterocycles. The predicted octanol–water partition coefficient (Wildman–Crippen LogP) is 17.0. The van der Waals surface area contributed by atoms with Crippen molar-refractivity contribution in [2.24, 2.45) is 0 Å². The highest BCUT2D eigenvalue weighted by molar-refractivity contribution is 6.04. The summed E-state index contributed by atoms with van der Waals surface area (Å²) in [5.74, 6) is 0. The van der Waals surface area contributed by atoms with E-state index in [-0.39, 0.29) is 16.2 Å². The Bertz CT molecular complexity index is 3230. The van der Waals surface area contributed by atoms with Gasteiger partial charge in [0.05, 0.1) is 16.2 Å². The van der Waals surface area contributed by atoms with Crippen LogP contribution in [0.15, 0.2) is 182 Å². The summed E-state index contributed by atoms with van der Waals surface area (Å²) in [6.45, 7) is 21.8. The highest BCUT2D eigenvalue weighted by Gasteiger charge is 2.69. The lowest BCUT2D eigenvalue weighted by Crippen LogP contribution is -2.49. The molecule has 70 heavy (non-hydrogen) atoms. The van der Waals surface area contributed by atoms with Gasteiger partial charge in [0.25, 0.3) is 0 Å². The Hall–Kier alpha value is -7.06. The number of rotatable bonds is 0. The molecule has 3 heterocycles. The molecule has 0 amide bonds.